The number of methoxy groups -OCH3 is 1. The lowest BCUT2D eigenvalue weighted by Crippen LogP contribution is -3.12. The van der Waals surface area contributed by atoms with Gasteiger partial charge in [-0.1, -0.05) is 11.6 Å². The van der Waals surface area contributed by atoms with Crippen LogP contribution in [0.15, 0.2) is 12.1 Å². The number of ether oxygens (including phenoxy) is 1. The van der Waals surface area contributed by atoms with Crippen LogP contribution >= 0.6 is 11.6 Å². The van der Waals surface area contributed by atoms with Crippen LogP contribution in [0.3, 0.4) is 0 Å². The van der Waals surface area contributed by atoms with E-state index in [1.54, 1.807) is 6.07 Å². The summed E-state index contributed by atoms with van der Waals surface area (Å²) in [5.41, 5.74) is 6.49. The quantitative estimate of drug-likeness (QED) is 0.646. The topological polar surface area (TPSA) is 68.8 Å². The van der Waals surface area contributed by atoms with Crippen LogP contribution in [0, 0.1) is 0 Å². The van der Waals surface area contributed by atoms with E-state index in [0.717, 1.165) is 19.6 Å². The summed E-state index contributed by atoms with van der Waals surface area (Å²) in [6, 6.07) is 3.10. The number of carbonyl (C=O) groups is 1. The second-order valence-electron chi connectivity index (χ2n) is 4.54. The van der Waals surface area contributed by atoms with Gasteiger partial charge in [0.2, 0.25) is 0 Å². The molecule has 0 atom stereocenters. The standard InChI is InChI=1S/C14H22ClN3O2/c1-4-18(5-2)7-6-17-14(19)10-8-11(15)12(16)9-13(10)20-3/h8-9H,4-7,16H2,1-3H3,(H,17,19)/p+1. The number of hydrogen-bond donors (Lipinski definition) is 3. The van der Waals surface area contributed by atoms with Crippen molar-refractivity contribution in [1.82, 2.24) is 5.32 Å². The lowest BCUT2D eigenvalue weighted by Gasteiger charge is -2.16. The van der Waals surface area contributed by atoms with Gasteiger partial charge in [-0.05, 0) is 19.9 Å². The number of nitrogens with two attached hydrogens (primary N) is 1. The van der Waals surface area contributed by atoms with Crippen LogP contribution in [0.1, 0.15) is 24.2 Å². The van der Waals surface area contributed by atoms with Crippen molar-refractivity contribution >= 4 is 23.2 Å². The Morgan fingerprint density at radius 1 is 1.40 bits per heavy atom. The molecule has 20 heavy (non-hydrogen) atoms. The van der Waals surface area contributed by atoms with Crippen LogP contribution in [-0.4, -0.2) is 39.2 Å². The molecule has 112 valence electrons. The van der Waals surface area contributed by atoms with Gasteiger partial charge in [0.05, 0.1) is 49.6 Å². The molecule has 0 aliphatic rings. The molecule has 1 aromatic carbocycles. The van der Waals surface area contributed by atoms with Crippen LogP contribution in [0.25, 0.3) is 0 Å². The number of quaternary nitrogens is 1. The van der Waals surface area contributed by atoms with Crippen molar-refractivity contribution in [2.75, 3.05) is 39.0 Å². The zero-order chi connectivity index (χ0) is 15.1. The smallest absolute Gasteiger partial charge is 0.255 e. The van der Waals surface area contributed by atoms with Crippen molar-refractivity contribution in [2.24, 2.45) is 0 Å². The van der Waals surface area contributed by atoms with Gasteiger partial charge in [0, 0.05) is 6.07 Å². The number of likely N-dealkylation sites (N-methyl/N-ethyl adjacent to an activating group) is 1. The van der Waals surface area contributed by atoms with E-state index >= 15 is 0 Å². The number of benzene rings is 1. The van der Waals surface area contributed by atoms with Crippen LogP contribution in [0.2, 0.25) is 5.02 Å². The van der Waals surface area contributed by atoms with Gasteiger partial charge in [0.25, 0.3) is 5.91 Å². The molecule has 0 bridgehead atoms. The maximum Gasteiger partial charge on any atom is 0.255 e. The number of rotatable bonds is 7. The van der Waals surface area contributed by atoms with E-state index in [9.17, 15) is 4.79 Å². The highest BCUT2D eigenvalue weighted by Gasteiger charge is 2.15. The van der Waals surface area contributed by atoms with E-state index in [2.05, 4.69) is 19.2 Å². The summed E-state index contributed by atoms with van der Waals surface area (Å²) in [4.78, 5) is 13.6. The van der Waals surface area contributed by atoms with Gasteiger partial charge in [-0.25, -0.2) is 0 Å². The van der Waals surface area contributed by atoms with Gasteiger partial charge in [0.15, 0.2) is 0 Å². The van der Waals surface area contributed by atoms with Crippen LogP contribution < -0.4 is 20.7 Å². The Bertz CT molecular complexity index is 462. The number of anilines is 1. The average molecular weight is 301 g/mol. The fourth-order valence-electron chi connectivity index (χ4n) is 1.97. The fourth-order valence-corrected chi connectivity index (χ4v) is 2.13. The summed E-state index contributed by atoms with van der Waals surface area (Å²) in [6.07, 6.45) is 0. The van der Waals surface area contributed by atoms with Gasteiger partial charge >= 0.3 is 0 Å². The second-order valence-corrected chi connectivity index (χ2v) is 4.94. The van der Waals surface area contributed by atoms with E-state index in [1.807, 2.05) is 0 Å². The van der Waals surface area contributed by atoms with Crippen molar-refractivity contribution in [3.8, 4) is 5.75 Å². The number of amides is 1. The molecule has 0 spiro atoms. The first-order valence-corrected chi connectivity index (χ1v) is 7.16. The highest BCUT2D eigenvalue weighted by molar-refractivity contribution is 6.33. The third-order valence-corrected chi connectivity index (χ3v) is 3.65. The van der Waals surface area contributed by atoms with Gasteiger partial charge in [-0.15, -0.1) is 0 Å². The molecule has 1 rings (SSSR count). The molecule has 0 fully saturated rings. The fraction of sp³-hybridized carbons (Fsp3) is 0.500. The summed E-state index contributed by atoms with van der Waals surface area (Å²) >= 11 is 5.95. The molecule has 0 saturated carbocycles. The monoisotopic (exact) mass is 300 g/mol. The number of hydrogen-bond acceptors (Lipinski definition) is 3. The molecule has 6 heteroatoms. The van der Waals surface area contributed by atoms with Crippen LogP contribution in [0.5, 0.6) is 5.75 Å². The van der Waals surface area contributed by atoms with Crippen molar-refractivity contribution < 1.29 is 14.4 Å². The lowest BCUT2D eigenvalue weighted by atomic mass is 10.1. The average Bonchev–Trinajstić information content (AvgIpc) is 2.45. The molecule has 1 aromatic rings. The molecule has 1 amide bonds. The van der Waals surface area contributed by atoms with Gasteiger partial charge in [-0.2, -0.15) is 0 Å². The minimum Gasteiger partial charge on any atom is -0.496 e. The molecule has 0 aliphatic carbocycles. The number of halogens is 1. The molecule has 5 nitrogen and oxygen atoms in total. The van der Waals surface area contributed by atoms with Gasteiger partial charge in [-0.3, -0.25) is 4.79 Å². The first-order chi connectivity index (χ1) is 9.53. The lowest BCUT2D eigenvalue weighted by molar-refractivity contribution is -0.895. The highest BCUT2D eigenvalue weighted by atomic mass is 35.5. The van der Waals surface area contributed by atoms with E-state index < -0.39 is 0 Å². The zero-order valence-corrected chi connectivity index (χ0v) is 13.0. The summed E-state index contributed by atoms with van der Waals surface area (Å²) in [5.74, 6) is 0.231. The molecule has 0 unspecified atom stereocenters. The Hall–Kier alpha value is -1.46. The Labute approximate surface area is 125 Å². The first-order valence-electron chi connectivity index (χ1n) is 6.78. The molecule has 0 aliphatic heterocycles. The van der Waals surface area contributed by atoms with E-state index in [4.69, 9.17) is 22.1 Å². The Balaban J connectivity index is 2.70. The summed E-state index contributed by atoms with van der Waals surface area (Å²) in [7, 11) is 1.50. The van der Waals surface area contributed by atoms with Crippen LogP contribution in [-0.2, 0) is 0 Å². The minimum atomic E-state index is -0.199. The van der Waals surface area contributed by atoms with Crippen molar-refractivity contribution in [3.63, 3.8) is 0 Å². The summed E-state index contributed by atoms with van der Waals surface area (Å²) < 4.78 is 5.17. The second kappa shape index (κ2) is 7.97. The van der Waals surface area contributed by atoms with Crippen molar-refractivity contribution in [1.29, 1.82) is 0 Å². The Kier molecular flexibility index (Phi) is 6.61. The third-order valence-electron chi connectivity index (χ3n) is 3.33. The highest BCUT2D eigenvalue weighted by Crippen LogP contribution is 2.28. The van der Waals surface area contributed by atoms with Crippen molar-refractivity contribution in [3.05, 3.63) is 22.7 Å². The molecule has 0 saturated heterocycles. The summed E-state index contributed by atoms with van der Waals surface area (Å²) in [6.45, 7) is 7.85. The van der Waals surface area contributed by atoms with Gasteiger partial charge < -0.3 is 20.7 Å². The molecule has 0 heterocycles. The minimum absolute atomic E-state index is 0.199. The Morgan fingerprint density at radius 3 is 2.60 bits per heavy atom. The molecule has 0 radical (unpaired) electrons. The number of nitrogens with one attached hydrogen (secondary N) is 2. The normalized spacial score (nSPS) is 10.7. The molecule has 4 N–H and O–H groups in total. The predicted molar refractivity (Wildman–Crippen MR) is 81.7 cm³/mol. The maximum atomic E-state index is 12.1. The summed E-state index contributed by atoms with van der Waals surface area (Å²) in [5, 5.41) is 3.23. The largest absolute Gasteiger partial charge is 0.496 e. The van der Waals surface area contributed by atoms with E-state index in [0.29, 0.717) is 28.6 Å². The van der Waals surface area contributed by atoms with Crippen LogP contribution in [0.4, 0.5) is 5.69 Å². The predicted octanol–water partition coefficient (Wildman–Crippen LogP) is 0.585. The van der Waals surface area contributed by atoms with Crippen molar-refractivity contribution in [2.45, 2.75) is 13.8 Å². The third kappa shape index (κ3) is 4.28. The van der Waals surface area contributed by atoms with E-state index in [1.165, 1.54) is 18.1 Å². The van der Waals surface area contributed by atoms with Gasteiger partial charge in [0.1, 0.15) is 5.75 Å². The SMILES string of the molecule is CC[NH+](CC)CCNC(=O)c1cc(Cl)c(N)cc1OC. The molecular formula is C14H23ClN3O2+. The van der Waals surface area contributed by atoms with E-state index in [-0.39, 0.29) is 5.91 Å². The molecule has 0 aromatic heterocycles. The Morgan fingerprint density at radius 2 is 2.05 bits per heavy atom. The maximum absolute atomic E-state index is 12.1. The molecular weight excluding hydrogens is 278 g/mol. The number of carbonyl (C=O) groups excluding carboxylic acids is 1. The first kappa shape index (κ1) is 16.6. The number of nitrogen functional groups attached to an aromatic ring is 1. The zero-order valence-electron chi connectivity index (χ0n) is 12.3.